The molecule has 0 saturated carbocycles. The largest absolute Gasteiger partial charge is 0.339 e. The van der Waals surface area contributed by atoms with Crippen LogP contribution in [0.2, 0.25) is 0 Å². The smallest absolute Gasteiger partial charge is 0.274 e. The molecular formula is C19H24N4O2. The molecule has 1 N–H and O–H groups in total. The zero-order valence-corrected chi connectivity index (χ0v) is 15.0. The first kappa shape index (κ1) is 18.6. The molecule has 6 heteroatoms. The molecule has 25 heavy (non-hydrogen) atoms. The van der Waals surface area contributed by atoms with Crippen LogP contribution in [0.4, 0.5) is 11.5 Å². The van der Waals surface area contributed by atoms with Crippen molar-refractivity contribution < 1.29 is 9.59 Å². The van der Waals surface area contributed by atoms with Crippen LogP contribution < -0.4 is 5.32 Å². The van der Waals surface area contributed by atoms with Gasteiger partial charge in [-0.25, -0.2) is 9.97 Å². The first-order valence-corrected chi connectivity index (χ1v) is 8.54. The van der Waals surface area contributed by atoms with Gasteiger partial charge in [0.2, 0.25) is 0 Å². The van der Waals surface area contributed by atoms with Crippen LogP contribution in [0.5, 0.6) is 0 Å². The van der Waals surface area contributed by atoms with E-state index in [0.29, 0.717) is 17.1 Å². The number of hydrogen-bond acceptors (Lipinski definition) is 5. The van der Waals surface area contributed by atoms with Gasteiger partial charge in [0.1, 0.15) is 11.5 Å². The summed E-state index contributed by atoms with van der Waals surface area (Å²) in [5, 5.41) is 3.11. The summed E-state index contributed by atoms with van der Waals surface area (Å²) in [6.07, 6.45) is 4.86. The molecule has 0 radical (unpaired) electrons. The van der Waals surface area contributed by atoms with Crippen molar-refractivity contribution in [2.24, 2.45) is 0 Å². The number of amides is 1. The fourth-order valence-electron chi connectivity index (χ4n) is 2.46. The molecule has 1 aromatic carbocycles. The first-order valence-electron chi connectivity index (χ1n) is 8.54. The second-order valence-corrected chi connectivity index (χ2v) is 5.84. The Morgan fingerprint density at radius 1 is 1.00 bits per heavy atom. The predicted molar refractivity (Wildman–Crippen MR) is 98.2 cm³/mol. The molecule has 0 saturated heterocycles. The maximum Gasteiger partial charge on any atom is 0.274 e. The zero-order valence-electron chi connectivity index (χ0n) is 15.0. The second kappa shape index (κ2) is 8.92. The van der Waals surface area contributed by atoms with Gasteiger partial charge in [-0.05, 0) is 44.0 Å². The molecule has 1 heterocycles. The molecule has 0 spiro atoms. The average Bonchev–Trinajstić information content (AvgIpc) is 2.62. The van der Waals surface area contributed by atoms with E-state index in [1.807, 2.05) is 26.0 Å². The molecule has 1 amide bonds. The highest BCUT2D eigenvalue weighted by Crippen LogP contribution is 2.15. The van der Waals surface area contributed by atoms with Crippen molar-refractivity contribution in [2.45, 2.75) is 33.6 Å². The molecule has 0 bridgehead atoms. The van der Waals surface area contributed by atoms with Crippen LogP contribution in [0, 0.1) is 0 Å². The topological polar surface area (TPSA) is 75.2 Å². The van der Waals surface area contributed by atoms with Crippen LogP contribution in [0.25, 0.3) is 0 Å². The lowest BCUT2D eigenvalue weighted by Gasteiger charge is -2.20. The Kier molecular flexibility index (Phi) is 6.62. The standard InChI is InChI=1S/C19H24N4O2/c1-4-10-23(11-5-2)19(25)17-12-21-18(13-20-17)22-16-8-6-15(7-9-16)14(3)24/h6-9,12-13H,4-5,10-11H2,1-3H3,(H,21,22). The molecule has 2 rings (SSSR count). The van der Waals surface area contributed by atoms with Gasteiger partial charge in [0.15, 0.2) is 5.78 Å². The summed E-state index contributed by atoms with van der Waals surface area (Å²) < 4.78 is 0. The molecule has 1 aromatic heterocycles. The third-order valence-corrected chi connectivity index (χ3v) is 3.71. The molecule has 2 aromatic rings. The summed E-state index contributed by atoms with van der Waals surface area (Å²) in [6.45, 7) is 7.07. The lowest BCUT2D eigenvalue weighted by atomic mass is 10.1. The van der Waals surface area contributed by atoms with Crippen LogP contribution in [-0.2, 0) is 0 Å². The number of carbonyl (C=O) groups excluding carboxylic acids is 2. The Bertz CT molecular complexity index is 705. The Labute approximate surface area is 148 Å². The Hall–Kier alpha value is -2.76. The van der Waals surface area contributed by atoms with E-state index in [1.54, 1.807) is 23.2 Å². The monoisotopic (exact) mass is 340 g/mol. The number of nitrogens with one attached hydrogen (secondary N) is 1. The van der Waals surface area contributed by atoms with Crippen LogP contribution in [0.1, 0.15) is 54.5 Å². The number of benzene rings is 1. The summed E-state index contributed by atoms with van der Waals surface area (Å²) in [5.74, 6) is 0.483. The van der Waals surface area contributed by atoms with Gasteiger partial charge in [-0.1, -0.05) is 13.8 Å². The number of hydrogen-bond donors (Lipinski definition) is 1. The van der Waals surface area contributed by atoms with Crippen molar-refractivity contribution in [3.8, 4) is 0 Å². The summed E-state index contributed by atoms with van der Waals surface area (Å²) in [4.78, 5) is 34.1. The Morgan fingerprint density at radius 2 is 1.64 bits per heavy atom. The lowest BCUT2D eigenvalue weighted by Crippen LogP contribution is -2.33. The van der Waals surface area contributed by atoms with Crippen molar-refractivity contribution in [1.29, 1.82) is 0 Å². The minimum atomic E-state index is -0.0893. The lowest BCUT2D eigenvalue weighted by molar-refractivity contribution is 0.0749. The van der Waals surface area contributed by atoms with Crippen molar-refractivity contribution in [3.63, 3.8) is 0 Å². The molecular weight excluding hydrogens is 316 g/mol. The van der Waals surface area contributed by atoms with Crippen LogP contribution in [0.15, 0.2) is 36.7 Å². The van der Waals surface area contributed by atoms with Gasteiger partial charge in [0.25, 0.3) is 5.91 Å². The van der Waals surface area contributed by atoms with E-state index in [-0.39, 0.29) is 11.7 Å². The van der Waals surface area contributed by atoms with Gasteiger partial charge >= 0.3 is 0 Å². The van der Waals surface area contributed by atoms with Gasteiger partial charge in [-0.15, -0.1) is 0 Å². The molecule has 132 valence electrons. The van der Waals surface area contributed by atoms with Crippen LogP contribution in [0.3, 0.4) is 0 Å². The highest BCUT2D eigenvalue weighted by Gasteiger charge is 2.16. The van der Waals surface area contributed by atoms with E-state index >= 15 is 0 Å². The van der Waals surface area contributed by atoms with Crippen molar-refractivity contribution in [1.82, 2.24) is 14.9 Å². The third-order valence-electron chi connectivity index (χ3n) is 3.71. The number of Topliss-reactive ketones (excluding diaryl/α,β-unsaturated/α-hetero) is 1. The van der Waals surface area contributed by atoms with E-state index in [2.05, 4.69) is 15.3 Å². The molecule has 0 aliphatic rings. The van der Waals surface area contributed by atoms with Gasteiger partial charge in [0.05, 0.1) is 12.4 Å². The average molecular weight is 340 g/mol. The van der Waals surface area contributed by atoms with Gasteiger partial charge < -0.3 is 10.2 Å². The molecule has 0 aliphatic carbocycles. The highest BCUT2D eigenvalue weighted by atomic mass is 16.2. The van der Waals surface area contributed by atoms with Crippen molar-refractivity contribution >= 4 is 23.2 Å². The summed E-state index contributed by atoms with van der Waals surface area (Å²) in [5.41, 5.74) is 1.81. The Balaban J connectivity index is 2.05. The SMILES string of the molecule is CCCN(CCC)C(=O)c1cnc(Nc2ccc(C(C)=O)cc2)cn1. The van der Waals surface area contributed by atoms with Crippen LogP contribution in [-0.4, -0.2) is 39.6 Å². The number of carbonyl (C=O) groups is 2. The minimum absolute atomic E-state index is 0.0259. The molecule has 0 aliphatic heterocycles. The van der Waals surface area contributed by atoms with E-state index in [1.165, 1.54) is 13.1 Å². The normalized spacial score (nSPS) is 10.4. The van der Waals surface area contributed by atoms with E-state index in [4.69, 9.17) is 0 Å². The fraction of sp³-hybridized carbons (Fsp3) is 0.368. The van der Waals surface area contributed by atoms with E-state index in [9.17, 15) is 9.59 Å². The van der Waals surface area contributed by atoms with Crippen LogP contribution >= 0.6 is 0 Å². The van der Waals surface area contributed by atoms with Gasteiger partial charge in [0, 0.05) is 24.3 Å². The first-order chi connectivity index (χ1) is 12.0. The molecule has 0 atom stereocenters. The number of anilines is 2. The van der Waals surface area contributed by atoms with E-state index in [0.717, 1.165) is 31.6 Å². The maximum absolute atomic E-state index is 12.5. The van der Waals surface area contributed by atoms with Gasteiger partial charge in [-0.3, -0.25) is 9.59 Å². The Morgan fingerprint density at radius 3 is 2.12 bits per heavy atom. The summed E-state index contributed by atoms with van der Waals surface area (Å²) in [7, 11) is 0. The quantitative estimate of drug-likeness (QED) is 0.742. The molecule has 0 unspecified atom stereocenters. The highest BCUT2D eigenvalue weighted by molar-refractivity contribution is 5.94. The summed E-state index contributed by atoms with van der Waals surface area (Å²) in [6, 6.07) is 7.12. The fourth-order valence-corrected chi connectivity index (χ4v) is 2.46. The molecule has 6 nitrogen and oxygen atoms in total. The summed E-state index contributed by atoms with van der Waals surface area (Å²) >= 11 is 0. The third kappa shape index (κ3) is 5.11. The van der Waals surface area contributed by atoms with Crippen molar-refractivity contribution in [3.05, 3.63) is 47.9 Å². The number of aromatic nitrogens is 2. The maximum atomic E-state index is 12.5. The number of rotatable bonds is 8. The predicted octanol–water partition coefficient (Wildman–Crippen LogP) is 3.69. The zero-order chi connectivity index (χ0) is 18.2. The molecule has 0 fully saturated rings. The van der Waals surface area contributed by atoms with Crippen molar-refractivity contribution in [2.75, 3.05) is 18.4 Å². The minimum Gasteiger partial charge on any atom is -0.339 e. The number of ketones is 1. The number of nitrogens with zero attached hydrogens (tertiary/aromatic N) is 3. The second-order valence-electron chi connectivity index (χ2n) is 5.84. The van der Waals surface area contributed by atoms with E-state index < -0.39 is 0 Å². The van der Waals surface area contributed by atoms with Gasteiger partial charge in [-0.2, -0.15) is 0 Å².